The number of aromatic nitrogens is 2. The molecule has 0 aliphatic heterocycles. The second-order valence-electron chi connectivity index (χ2n) is 1.59. The zero-order valence-electron chi connectivity index (χ0n) is 5.01. The highest BCUT2D eigenvalue weighted by Gasteiger charge is 1.95. The fraction of sp³-hybridized carbons (Fsp3) is 0.600. The zero-order valence-corrected chi connectivity index (χ0v) is 5.01. The van der Waals surface area contributed by atoms with Crippen LogP contribution in [0.15, 0.2) is 4.52 Å². The summed E-state index contributed by atoms with van der Waals surface area (Å²) in [5, 5.41) is 3.60. The zero-order chi connectivity index (χ0) is 5.98. The van der Waals surface area contributed by atoms with Gasteiger partial charge in [0.25, 0.3) is 0 Å². The summed E-state index contributed by atoms with van der Waals surface area (Å²) in [6, 6.07) is 0. The van der Waals surface area contributed by atoms with Gasteiger partial charge in [0.2, 0.25) is 5.89 Å². The molecular formula is C5H8N2O. The Bertz CT molecular complexity index is 171. The van der Waals surface area contributed by atoms with Gasteiger partial charge < -0.3 is 4.52 Å². The van der Waals surface area contributed by atoms with Crippen LogP contribution < -0.4 is 0 Å². The smallest absolute Gasteiger partial charge is 0.226 e. The first-order valence-corrected chi connectivity index (χ1v) is 2.62. The van der Waals surface area contributed by atoms with Gasteiger partial charge in [-0.05, 0) is 6.92 Å². The molecule has 3 nitrogen and oxygen atoms in total. The van der Waals surface area contributed by atoms with Crippen molar-refractivity contribution >= 4 is 0 Å². The van der Waals surface area contributed by atoms with E-state index in [0.29, 0.717) is 11.7 Å². The maximum Gasteiger partial charge on any atom is 0.226 e. The van der Waals surface area contributed by atoms with Crippen LogP contribution in [0.5, 0.6) is 0 Å². The first kappa shape index (κ1) is 5.28. The van der Waals surface area contributed by atoms with Crippen LogP contribution in [0.4, 0.5) is 0 Å². The number of hydrogen-bond donors (Lipinski definition) is 0. The fourth-order valence-electron chi connectivity index (χ4n) is 0.484. The van der Waals surface area contributed by atoms with Gasteiger partial charge in [-0.25, -0.2) is 0 Å². The van der Waals surface area contributed by atoms with Crippen LogP contribution in [0.3, 0.4) is 0 Å². The molecule has 0 bridgehead atoms. The van der Waals surface area contributed by atoms with Crippen LogP contribution in [-0.4, -0.2) is 10.1 Å². The molecule has 0 aliphatic carbocycles. The van der Waals surface area contributed by atoms with Crippen molar-refractivity contribution in [3.63, 3.8) is 0 Å². The van der Waals surface area contributed by atoms with Crippen LogP contribution >= 0.6 is 0 Å². The van der Waals surface area contributed by atoms with E-state index in [0.717, 1.165) is 6.42 Å². The molecule has 0 aromatic carbocycles. The average molecular weight is 112 g/mol. The Kier molecular flexibility index (Phi) is 1.28. The van der Waals surface area contributed by atoms with E-state index >= 15 is 0 Å². The van der Waals surface area contributed by atoms with Gasteiger partial charge in [-0.3, -0.25) is 0 Å². The Morgan fingerprint density at radius 2 is 2.38 bits per heavy atom. The first-order chi connectivity index (χ1) is 3.83. The maximum absolute atomic E-state index is 4.75. The van der Waals surface area contributed by atoms with Crippen molar-refractivity contribution < 1.29 is 4.52 Å². The highest BCUT2D eigenvalue weighted by Crippen LogP contribution is 1.94. The number of hydrogen-bond acceptors (Lipinski definition) is 3. The molecule has 1 aromatic heterocycles. The molecule has 0 saturated heterocycles. The Balaban J connectivity index is 2.84. The van der Waals surface area contributed by atoms with E-state index in [-0.39, 0.29) is 0 Å². The van der Waals surface area contributed by atoms with E-state index in [1.54, 1.807) is 0 Å². The molecular weight excluding hydrogens is 104 g/mol. The van der Waals surface area contributed by atoms with Gasteiger partial charge in [0.15, 0.2) is 5.82 Å². The molecule has 0 atom stereocenters. The topological polar surface area (TPSA) is 38.9 Å². The summed E-state index contributed by atoms with van der Waals surface area (Å²) in [4.78, 5) is 3.95. The minimum atomic E-state index is 0.710. The van der Waals surface area contributed by atoms with E-state index in [1.165, 1.54) is 0 Å². The van der Waals surface area contributed by atoms with Crippen molar-refractivity contribution in [3.05, 3.63) is 11.7 Å². The van der Waals surface area contributed by atoms with Gasteiger partial charge >= 0.3 is 0 Å². The monoisotopic (exact) mass is 112 g/mol. The predicted molar refractivity (Wildman–Crippen MR) is 28.4 cm³/mol. The molecule has 0 amide bonds. The van der Waals surface area contributed by atoms with Crippen molar-refractivity contribution in [3.8, 4) is 0 Å². The third-order valence-corrected chi connectivity index (χ3v) is 0.872. The Hall–Kier alpha value is -0.860. The minimum Gasteiger partial charge on any atom is -0.339 e. The molecule has 0 saturated carbocycles. The van der Waals surface area contributed by atoms with Crippen LogP contribution in [-0.2, 0) is 6.42 Å². The molecule has 1 rings (SSSR count). The van der Waals surface area contributed by atoms with Gasteiger partial charge in [-0.1, -0.05) is 12.1 Å². The van der Waals surface area contributed by atoms with Crippen LogP contribution in [0.1, 0.15) is 18.6 Å². The number of rotatable bonds is 1. The van der Waals surface area contributed by atoms with Crippen molar-refractivity contribution in [2.24, 2.45) is 0 Å². The van der Waals surface area contributed by atoms with Crippen molar-refractivity contribution in [1.29, 1.82) is 0 Å². The van der Waals surface area contributed by atoms with Crippen molar-refractivity contribution in [2.45, 2.75) is 20.3 Å². The molecule has 0 spiro atoms. The highest BCUT2D eigenvalue weighted by molar-refractivity contribution is 4.80. The average Bonchev–Trinajstić information content (AvgIpc) is 2.14. The maximum atomic E-state index is 4.75. The quantitative estimate of drug-likeness (QED) is 0.542. The van der Waals surface area contributed by atoms with Gasteiger partial charge in [0.05, 0.1) is 0 Å². The summed E-state index contributed by atoms with van der Waals surface area (Å²) in [5.41, 5.74) is 0. The molecule has 0 radical (unpaired) electrons. The molecule has 8 heavy (non-hydrogen) atoms. The second kappa shape index (κ2) is 1.94. The third kappa shape index (κ3) is 0.857. The fourth-order valence-corrected chi connectivity index (χ4v) is 0.484. The van der Waals surface area contributed by atoms with Crippen LogP contribution in [0.25, 0.3) is 0 Å². The molecule has 1 heterocycles. The summed E-state index contributed by atoms with van der Waals surface area (Å²) >= 11 is 0. The Morgan fingerprint density at radius 3 is 2.62 bits per heavy atom. The standard InChI is InChI=1S/C5H8N2O/c1-3-5-6-4(2)7-8-5/h3H2,1-2H3. The van der Waals surface area contributed by atoms with E-state index < -0.39 is 0 Å². The lowest BCUT2D eigenvalue weighted by molar-refractivity contribution is 0.378. The van der Waals surface area contributed by atoms with E-state index in [2.05, 4.69) is 10.1 Å². The summed E-state index contributed by atoms with van der Waals surface area (Å²) in [5.74, 6) is 1.42. The Labute approximate surface area is 47.7 Å². The Morgan fingerprint density at radius 1 is 1.62 bits per heavy atom. The van der Waals surface area contributed by atoms with Gasteiger partial charge in [0.1, 0.15) is 0 Å². The number of aryl methyl sites for hydroxylation is 2. The summed E-state index contributed by atoms with van der Waals surface area (Å²) in [7, 11) is 0. The van der Waals surface area contributed by atoms with E-state index in [9.17, 15) is 0 Å². The summed E-state index contributed by atoms with van der Waals surface area (Å²) in [6.07, 6.45) is 0.820. The lowest BCUT2D eigenvalue weighted by Gasteiger charge is -1.75. The minimum absolute atomic E-state index is 0.710. The van der Waals surface area contributed by atoms with Gasteiger partial charge in [-0.2, -0.15) is 4.98 Å². The van der Waals surface area contributed by atoms with E-state index in [1.807, 2.05) is 13.8 Å². The molecule has 44 valence electrons. The second-order valence-corrected chi connectivity index (χ2v) is 1.59. The molecule has 0 fully saturated rings. The molecule has 0 N–H and O–H groups in total. The van der Waals surface area contributed by atoms with Crippen LogP contribution in [0.2, 0.25) is 0 Å². The lowest BCUT2D eigenvalue weighted by atomic mass is 10.5. The normalized spacial score (nSPS) is 9.75. The largest absolute Gasteiger partial charge is 0.339 e. The summed E-state index contributed by atoms with van der Waals surface area (Å²) in [6.45, 7) is 3.79. The van der Waals surface area contributed by atoms with Gasteiger partial charge in [-0.15, -0.1) is 0 Å². The highest BCUT2D eigenvalue weighted by atomic mass is 16.5. The summed E-state index contributed by atoms with van der Waals surface area (Å²) < 4.78 is 4.75. The van der Waals surface area contributed by atoms with Crippen molar-refractivity contribution in [2.75, 3.05) is 0 Å². The van der Waals surface area contributed by atoms with Crippen molar-refractivity contribution in [1.82, 2.24) is 10.1 Å². The van der Waals surface area contributed by atoms with Crippen LogP contribution in [0, 0.1) is 6.92 Å². The third-order valence-electron chi connectivity index (χ3n) is 0.872. The predicted octanol–water partition coefficient (Wildman–Crippen LogP) is 0.940. The number of nitrogens with zero attached hydrogens (tertiary/aromatic N) is 2. The SMILES string of the molecule is CCc1nc(C)no1. The van der Waals surface area contributed by atoms with Gasteiger partial charge in [0, 0.05) is 6.42 Å². The molecule has 1 aromatic rings. The van der Waals surface area contributed by atoms with E-state index in [4.69, 9.17) is 4.52 Å². The molecule has 0 aliphatic rings. The molecule has 3 heteroatoms. The first-order valence-electron chi connectivity index (χ1n) is 2.62. The molecule has 0 unspecified atom stereocenters. The lowest BCUT2D eigenvalue weighted by Crippen LogP contribution is -1.76.